The van der Waals surface area contributed by atoms with Crippen LogP contribution in [0.25, 0.3) is 11.3 Å². The van der Waals surface area contributed by atoms with Gasteiger partial charge in [-0.3, -0.25) is 9.78 Å². The second-order valence-corrected chi connectivity index (χ2v) is 6.42. The van der Waals surface area contributed by atoms with Gasteiger partial charge in [-0.05, 0) is 38.0 Å². The Labute approximate surface area is 147 Å². The van der Waals surface area contributed by atoms with Crippen molar-refractivity contribution in [3.8, 4) is 11.3 Å². The van der Waals surface area contributed by atoms with E-state index in [2.05, 4.69) is 11.6 Å². The Morgan fingerprint density at radius 3 is 2.88 bits per heavy atom. The summed E-state index contributed by atoms with van der Waals surface area (Å²) in [5.74, 6) is -0.486. The van der Waals surface area contributed by atoms with Gasteiger partial charge in [0.05, 0.1) is 17.9 Å². The van der Waals surface area contributed by atoms with Crippen LogP contribution in [0.4, 0.5) is 4.39 Å². The van der Waals surface area contributed by atoms with Gasteiger partial charge in [-0.2, -0.15) is 0 Å². The molecule has 0 radical (unpaired) electrons. The van der Waals surface area contributed by atoms with Gasteiger partial charge in [0, 0.05) is 24.2 Å². The topological polar surface area (TPSA) is 59.2 Å². The van der Waals surface area contributed by atoms with E-state index in [4.69, 9.17) is 5.73 Å². The fourth-order valence-electron chi connectivity index (χ4n) is 3.30. The largest absolute Gasteiger partial charge is 0.331 e. The molecule has 1 fully saturated rings. The Hall–Kier alpha value is -2.53. The predicted molar refractivity (Wildman–Crippen MR) is 96.6 cm³/mol. The van der Waals surface area contributed by atoms with Crippen molar-refractivity contribution in [1.29, 1.82) is 0 Å². The van der Waals surface area contributed by atoms with Crippen molar-refractivity contribution in [2.45, 2.75) is 25.8 Å². The first-order valence-corrected chi connectivity index (χ1v) is 8.42. The molecular formula is C20H22FN3O. The van der Waals surface area contributed by atoms with Gasteiger partial charge in [0.2, 0.25) is 0 Å². The third kappa shape index (κ3) is 3.46. The van der Waals surface area contributed by atoms with Crippen molar-refractivity contribution in [1.82, 2.24) is 9.88 Å². The number of hydrogen-bond donors (Lipinski definition) is 1. The first-order valence-electron chi connectivity index (χ1n) is 8.42. The number of aromatic nitrogens is 1. The van der Waals surface area contributed by atoms with Crippen LogP contribution in [0.5, 0.6) is 0 Å². The van der Waals surface area contributed by atoms with Gasteiger partial charge in [-0.25, -0.2) is 4.39 Å². The van der Waals surface area contributed by atoms with E-state index in [0.29, 0.717) is 29.9 Å². The highest BCUT2D eigenvalue weighted by atomic mass is 19.1. The Balaban J connectivity index is 2.03. The smallest absolute Gasteiger partial charge is 0.255 e. The standard InChI is InChI=1S/C20H22FN3O/c1-13-5-7-16(18-8-6-15(21)12-23-18)17(10-13)20(25)24-9-3-4-14(2)19(24)11-22/h5-8,10,12,19H,2-4,9,11,22H2,1H3/t19-/m1/s1. The summed E-state index contributed by atoms with van der Waals surface area (Å²) >= 11 is 0. The Bertz CT molecular complexity index is 801. The molecule has 1 amide bonds. The fraction of sp³-hybridized carbons (Fsp3) is 0.300. The van der Waals surface area contributed by atoms with Crippen molar-refractivity contribution in [2.24, 2.45) is 5.73 Å². The zero-order chi connectivity index (χ0) is 18.0. The van der Waals surface area contributed by atoms with Gasteiger partial charge >= 0.3 is 0 Å². The van der Waals surface area contributed by atoms with Crippen LogP contribution >= 0.6 is 0 Å². The summed E-state index contributed by atoms with van der Waals surface area (Å²) in [5, 5.41) is 0. The van der Waals surface area contributed by atoms with E-state index >= 15 is 0 Å². The maximum absolute atomic E-state index is 13.3. The summed E-state index contributed by atoms with van der Waals surface area (Å²) in [6.45, 7) is 7.03. The third-order valence-electron chi connectivity index (χ3n) is 4.64. The van der Waals surface area contributed by atoms with Crippen molar-refractivity contribution in [3.05, 3.63) is 65.6 Å². The Morgan fingerprint density at radius 1 is 1.40 bits per heavy atom. The molecule has 1 aliphatic heterocycles. The maximum Gasteiger partial charge on any atom is 0.255 e. The minimum atomic E-state index is -0.403. The normalized spacial score (nSPS) is 17.6. The molecule has 130 valence electrons. The molecule has 0 bridgehead atoms. The lowest BCUT2D eigenvalue weighted by Crippen LogP contribution is -2.48. The van der Waals surface area contributed by atoms with Crippen molar-refractivity contribution in [2.75, 3.05) is 13.1 Å². The number of rotatable bonds is 3. The van der Waals surface area contributed by atoms with E-state index in [1.54, 1.807) is 11.0 Å². The van der Waals surface area contributed by atoms with E-state index in [9.17, 15) is 9.18 Å². The molecule has 1 aliphatic rings. The average Bonchev–Trinajstić information content (AvgIpc) is 2.61. The number of hydrogen-bond acceptors (Lipinski definition) is 3. The van der Waals surface area contributed by atoms with E-state index < -0.39 is 5.82 Å². The minimum Gasteiger partial charge on any atom is -0.331 e. The van der Waals surface area contributed by atoms with Crippen molar-refractivity contribution < 1.29 is 9.18 Å². The molecule has 1 aromatic heterocycles. The molecular weight excluding hydrogens is 317 g/mol. The second-order valence-electron chi connectivity index (χ2n) is 6.42. The van der Waals surface area contributed by atoms with Crippen molar-refractivity contribution in [3.63, 3.8) is 0 Å². The number of halogens is 1. The van der Waals surface area contributed by atoms with Crippen LogP contribution in [-0.2, 0) is 0 Å². The Morgan fingerprint density at radius 2 is 2.20 bits per heavy atom. The van der Waals surface area contributed by atoms with Crippen LogP contribution in [-0.4, -0.2) is 34.9 Å². The number of likely N-dealkylation sites (tertiary alicyclic amines) is 1. The van der Waals surface area contributed by atoms with E-state index in [0.717, 1.165) is 30.2 Å². The molecule has 4 nitrogen and oxygen atoms in total. The van der Waals surface area contributed by atoms with E-state index in [-0.39, 0.29) is 11.9 Å². The van der Waals surface area contributed by atoms with Crippen LogP contribution in [0, 0.1) is 12.7 Å². The number of benzene rings is 1. The summed E-state index contributed by atoms with van der Waals surface area (Å²) in [4.78, 5) is 19.2. The molecule has 5 heteroatoms. The zero-order valence-electron chi connectivity index (χ0n) is 14.3. The van der Waals surface area contributed by atoms with Crippen LogP contribution in [0.3, 0.4) is 0 Å². The maximum atomic E-state index is 13.3. The molecule has 2 N–H and O–H groups in total. The predicted octanol–water partition coefficient (Wildman–Crippen LogP) is 3.32. The minimum absolute atomic E-state index is 0.0823. The van der Waals surface area contributed by atoms with Gasteiger partial charge in [-0.1, -0.05) is 29.8 Å². The monoisotopic (exact) mass is 339 g/mol. The number of carbonyl (C=O) groups excluding carboxylic acids is 1. The number of piperidine rings is 1. The lowest BCUT2D eigenvalue weighted by Gasteiger charge is -2.37. The van der Waals surface area contributed by atoms with Gasteiger partial charge in [0.25, 0.3) is 5.91 Å². The average molecular weight is 339 g/mol. The highest BCUT2D eigenvalue weighted by molar-refractivity contribution is 6.01. The fourth-order valence-corrected chi connectivity index (χ4v) is 3.30. The number of pyridine rings is 1. The van der Waals surface area contributed by atoms with Gasteiger partial charge in [-0.15, -0.1) is 0 Å². The SMILES string of the molecule is C=C1CCCN(C(=O)c2cc(C)ccc2-c2ccc(F)cn2)[C@@H]1CN. The third-order valence-corrected chi connectivity index (χ3v) is 4.64. The molecule has 0 saturated carbocycles. The molecule has 3 rings (SSSR count). The van der Waals surface area contributed by atoms with Gasteiger partial charge in [0.1, 0.15) is 5.82 Å². The summed E-state index contributed by atoms with van der Waals surface area (Å²) in [5.41, 5.74) is 9.70. The summed E-state index contributed by atoms with van der Waals surface area (Å²) in [6, 6.07) is 8.43. The highest BCUT2D eigenvalue weighted by Crippen LogP contribution is 2.28. The molecule has 1 atom stereocenters. The number of nitrogens with two attached hydrogens (primary N) is 1. The molecule has 2 heterocycles. The van der Waals surface area contributed by atoms with Crippen LogP contribution in [0.15, 0.2) is 48.7 Å². The van der Waals surface area contributed by atoms with E-state index in [1.165, 1.54) is 6.07 Å². The lowest BCUT2D eigenvalue weighted by molar-refractivity contribution is 0.0681. The zero-order valence-corrected chi connectivity index (χ0v) is 14.3. The van der Waals surface area contributed by atoms with Gasteiger partial charge in [0.15, 0.2) is 0 Å². The molecule has 0 unspecified atom stereocenters. The molecule has 2 aromatic rings. The van der Waals surface area contributed by atoms with Crippen molar-refractivity contribution >= 4 is 5.91 Å². The number of amides is 1. The highest BCUT2D eigenvalue weighted by Gasteiger charge is 2.30. The molecule has 1 saturated heterocycles. The number of aryl methyl sites for hydroxylation is 1. The molecule has 25 heavy (non-hydrogen) atoms. The summed E-state index contributed by atoms with van der Waals surface area (Å²) < 4.78 is 13.2. The van der Waals surface area contributed by atoms with Crippen LogP contribution in [0.1, 0.15) is 28.8 Å². The molecule has 0 aliphatic carbocycles. The quantitative estimate of drug-likeness (QED) is 0.873. The van der Waals surface area contributed by atoms with Crippen LogP contribution < -0.4 is 5.73 Å². The lowest BCUT2D eigenvalue weighted by atomic mass is 9.94. The van der Waals surface area contributed by atoms with E-state index in [1.807, 2.05) is 25.1 Å². The number of nitrogens with zero attached hydrogens (tertiary/aromatic N) is 2. The second kappa shape index (κ2) is 7.15. The summed E-state index contributed by atoms with van der Waals surface area (Å²) in [6.07, 6.45) is 2.94. The molecule has 0 spiro atoms. The van der Waals surface area contributed by atoms with Crippen LogP contribution in [0.2, 0.25) is 0 Å². The summed E-state index contributed by atoms with van der Waals surface area (Å²) in [7, 11) is 0. The first kappa shape index (κ1) is 17.3. The Kier molecular flexibility index (Phi) is 4.95. The molecule has 1 aromatic carbocycles. The first-order chi connectivity index (χ1) is 12.0. The number of carbonyl (C=O) groups is 1. The van der Waals surface area contributed by atoms with Gasteiger partial charge < -0.3 is 10.6 Å².